The third-order valence-corrected chi connectivity index (χ3v) is 5.70. The maximum atomic E-state index is 11.0. The molecule has 0 radical (unpaired) electrons. The van der Waals surface area contributed by atoms with E-state index in [2.05, 4.69) is 9.97 Å². The first-order chi connectivity index (χ1) is 13.9. The largest absolute Gasteiger partial charge is 0.508 e. The highest BCUT2D eigenvalue weighted by Crippen LogP contribution is 2.38. The summed E-state index contributed by atoms with van der Waals surface area (Å²) in [6, 6.07) is 15.2. The minimum absolute atomic E-state index is 0.152. The molecule has 2 N–H and O–H groups in total. The molecule has 0 aliphatic heterocycles. The average Bonchev–Trinajstić information content (AvgIpc) is 2.72. The molecule has 0 saturated carbocycles. The van der Waals surface area contributed by atoms with E-state index in [1.54, 1.807) is 18.5 Å². The van der Waals surface area contributed by atoms with Crippen LogP contribution in [0, 0.1) is 13.8 Å². The zero-order chi connectivity index (χ0) is 20.5. The van der Waals surface area contributed by atoms with Crippen molar-refractivity contribution in [1.82, 2.24) is 9.97 Å². The molecular weight excluding hydrogens is 384 g/mol. The Morgan fingerprint density at radius 3 is 2.55 bits per heavy atom. The van der Waals surface area contributed by atoms with E-state index in [9.17, 15) is 10.2 Å². The number of pyridine rings is 2. The molecule has 5 heteroatoms. The van der Waals surface area contributed by atoms with Crippen LogP contribution in [0.3, 0.4) is 0 Å². The number of fused-ring (bicyclic) bond motifs is 1. The van der Waals surface area contributed by atoms with E-state index in [4.69, 9.17) is 11.6 Å². The van der Waals surface area contributed by atoms with Crippen LogP contribution in [0.1, 0.15) is 33.9 Å². The second kappa shape index (κ2) is 7.72. The van der Waals surface area contributed by atoms with Gasteiger partial charge >= 0.3 is 0 Å². The van der Waals surface area contributed by atoms with E-state index in [0.717, 1.165) is 33.3 Å². The van der Waals surface area contributed by atoms with Crippen LogP contribution in [0.2, 0.25) is 5.02 Å². The Labute approximate surface area is 174 Å². The normalized spacial score (nSPS) is 12.2. The van der Waals surface area contributed by atoms with Crippen LogP contribution in [0.25, 0.3) is 10.9 Å². The Morgan fingerprint density at radius 1 is 0.966 bits per heavy atom. The highest BCUT2D eigenvalue weighted by molar-refractivity contribution is 6.31. The minimum Gasteiger partial charge on any atom is -0.508 e. The van der Waals surface area contributed by atoms with Crippen molar-refractivity contribution < 1.29 is 10.2 Å². The lowest BCUT2D eigenvalue weighted by molar-refractivity contribution is 0.465. The molecule has 146 valence electrons. The molecule has 4 rings (SSSR count). The number of benzene rings is 2. The summed E-state index contributed by atoms with van der Waals surface area (Å²) >= 11 is 6.14. The van der Waals surface area contributed by atoms with Gasteiger partial charge in [-0.15, -0.1) is 0 Å². The van der Waals surface area contributed by atoms with Crippen LogP contribution in [-0.4, -0.2) is 20.2 Å². The molecule has 0 amide bonds. The third kappa shape index (κ3) is 3.76. The maximum absolute atomic E-state index is 11.0. The SMILES string of the molecule is Cc1ccc(C(Cc2cc(C)c(Cl)cn2)c2ccc3cccnc3c2O)cc1O. The summed E-state index contributed by atoms with van der Waals surface area (Å²) in [7, 11) is 0. The number of aromatic hydroxyl groups is 2. The fourth-order valence-electron chi connectivity index (χ4n) is 3.60. The first kappa shape index (κ1) is 19.2. The average molecular weight is 405 g/mol. The van der Waals surface area contributed by atoms with Crippen molar-refractivity contribution in [2.24, 2.45) is 0 Å². The Morgan fingerprint density at radius 2 is 1.79 bits per heavy atom. The second-order valence-electron chi connectivity index (χ2n) is 7.31. The van der Waals surface area contributed by atoms with E-state index in [-0.39, 0.29) is 17.4 Å². The van der Waals surface area contributed by atoms with Crippen molar-refractivity contribution in [1.29, 1.82) is 0 Å². The van der Waals surface area contributed by atoms with Crippen molar-refractivity contribution in [3.05, 3.63) is 93.9 Å². The van der Waals surface area contributed by atoms with E-state index in [1.807, 2.05) is 56.3 Å². The molecule has 0 fully saturated rings. The van der Waals surface area contributed by atoms with Gasteiger partial charge in [-0.2, -0.15) is 0 Å². The lowest BCUT2D eigenvalue weighted by Crippen LogP contribution is -2.08. The van der Waals surface area contributed by atoms with Crippen molar-refractivity contribution in [3.63, 3.8) is 0 Å². The van der Waals surface area contributed by atoms with E-state index in [1.165, 1.54) is 0 Å². The Hall–Kier alpha value is -3.11. The monoisotopic (exact) mass is 404 g/mol. The van der Waals surface area contributed by atoms with Crippen molar-refractivity contribution >= 4 is 22.5 Å². The zero-order valence-corrected chi connectivity index (χ0v) is 17.0. The molecule has 1 atom stereocenters. The molecule has 0 saturated heterocycles. The van der Waals surface area contributed by atoms with Gasteiger partial charge in [-0.1, -0.05) is 41.9 Å². The molecule has 1 unspecified atom stereocenters. The highest BCUT2D eigenvalue weighted by atomic mass is 35.5. The fourth-order valence-corrected chi connectivity index (χ4v) is 3.70. The number of hydrogen-bond acceptors (Lipinski definition) is 4. The van der Waals surface area contributed by atoms with Crippen molar-refractivity contribution in [2.75, 3.05) is 0 Å². The van der Waals surface area contributed by atoms with Crippen LogP contribution in [0.4, 0.5) is 0 Å². The number of aromatic nitrogens is 2. The summed E-state index contributed by atoms with van der Waals surface area (Å²) in [6.45, 7) is 3.80. The Kier molecular flexibility index (Phi) is 5.12. The molecule has 2 heterocycles. The van der Waals surface area contributed by atoms with Gasteiger partial charge in [0.1, 0.15) is 17.0 Å². The Bertz CT molecular complexity index is 1210. The topological polar surface area (TPSA) is 66.2 Å². The standard InChI is InChI=1S/C24H21ClN2O2/c1-14-5-6-17(11-22(14)28)20(12-18-10-15(2)21(25)13-27-18)19-8-7-16-4-3-9-26-23(16)24(19)29/h3-11,13,20,28-29H,12H2,1-2H3. The van der Waals surface area contributed by atoms with E-state index < -0.39 is 0 Å². The van der Waals surface area contributed by atoms with Crippen LogP contribution in [0.5, 0.6) is 11.5 Å². The summed E-state index contributed by atoms with van der Waals surface area (Å²) in [5.41, 5.74) is 4.81. The van der Waals surface area contributed by atoms with Gasteiger partial charge in [0.05, 0.1) is 5.02 Å². The van der Waals surface area contributed by atoms with Gasteiger partial charge in [0, 0.05) is 41.4 Å². The molecular formula is C24H21ClN2O2. The number of nitrogens with zero attached hydrogens (tertiary/aromatic N) is 2. The van der Waals surface area contributed by atoms with Gasteiger partial charge in [-0.25, -0.2) is 0 Å². The van der Waals surface area contributed by atoms with Gasteiger partial charge in [-0.3, -0.25) is 9.97 Å². The number of rotatable bonds is 4. The molecule has 0 aliphatic rings. The first-order valence-electron chi connectivity index (χ1n) is 9.41. The lowest BCUT2D eigenvalue weighted by Gasteiger charge is -2.21. The smallest absolute Gasteiger partial charge is 0.145 e. The van der Waals surface area contributed by atoms with E-state index in [0.29, 0.717) is 17.0 Å². The summed E-state index contributed by atoms with van der Waals surface area (Å²) in [6.07, 6.45) is 3.87. The second-order valence-corrected chi connectivity index (χ2v) is 7.71. The first-order valence-corrected chi connectivity index (χ1v) is 9.79. The Balaban J connectivity index is 1.86. The molecule has 4 aromatic rings. The maximum Gasteiger partial charge on any atom is 0.145 e. The van der Waals surface area contributed by atoms with E-state index >= 15 is 0 Å². The fraction of sp³-hybridized carbons (Fsp3) is 0.167. The number of hydrogen-bond donors (Lipinski definition) is 2. The van der Waals surface area contributed by atoms with Gasteiger partial charge in [-0.05, 0) is 48.7 Å². The van der Waals surface area contributed by atoms with Gasteiger partial charge in [0.15, 0.2) is 0 Å². The molecule has 0 bridgehead atoms. The molecule has 2 aromatic heterocycles. The summed E-state index contributed by atoms with van der Waals surface area (Å²) < 4.78 is 0. The van der Waals surface area contributed by atoms with Gasteiger partial charge in [0.25, 0.3) is 0 Å². The molecule has 2 aromatic carbocycles. The highest BCUT2D eigenvalue weighted by Gasteiger charge is 2.22. The van der Waals surface area contributed by atoms with Crippen molar-refractivity contribution in [2.45, 2.75) is 26.2 Å². The zero-order valence-electron chi connectivity index (χ0n) is 16.2. The predicted molar refractivity (Wildman–Crippen MR) is 116 cm³/mol. The molecule has 0 aliphatic carbocycles. The number of phenolic OH excluding ortho intramolecular Hbond substituents is 2. The van der Waals surface area contributed by atoms with Crippen LogP contribution in [0.15, 0.2) is 60.9 Å². The molecule has 0 spiro atoms. The van der Waals surface area contributed by atoms with Gasteiger partial charge < -0.3 is 10.2 Å². The van der Waals surface area contributed by atoms with Gasteiger partial charge in [0.2, 0.25) is 0 Å². The number of aryl methyl sites for hydroxylation is 2. The van der Waals surface area contributed by atoms with Crippen LogP contribution >= 0.6 is 11.6 Å². The lowest BCUT2D eigenvalue weighted by atomic mass is 9.85. The number of halogens is 1. The summed E-state index contributed by atoms with van der Waals surface area (Å²) in [4.78, 5) is 8.82. The number of phenols is 2. The van der Waals surface area contributed by atoms with Crippen molar-refractivity contribution in [3.8, 4) is 11.5 Å². The predicted octanol–water partition coefficient (Wildman–Crippen LogP) is 5.69. The summed E-state index contributed by atoms with van der Waals surface area (Å²) in [5.74, 6) is 0.172. The summed E-state index contributed by atoms with van der Waals surface area (Å²) in [5, 5.41) is 22.8. The quantitative estimate of drug-likeness (QED) is 0.458. The van der Waals surface area contributed by atoms with Crippen LogP contribution < -0.4 is 0 Å². The third-order valence-electron chi connectivity index (χ3n) is 5.31. The molecule has 4 nitrogen and oxygen atoms in total. The molecule has 29 heavy (non-hydrogen) atoms. The van der Waals surface area contributed by atoms with Crippen LogP contribution in [-0.2, 0) is 6.42 Å². The minimum atomic E-state index is -0.207.